The minimum atomic E-state index is 0.0561. The molecule has 1 rings (SSSR count). The summed E-state index contributed by atoms with van der Waals surface area (Å²) in [5.74, 6) is 7.40. The summed E-state index contributed by atoms with van der Waals surface area (Å²) in [4.78, 5) is 10.6. The van der Waals surface area contributed by atoms with Crippen LogP contribution < -0.4 is 16.2 Å². The minimum absolute atomic E-state index is 0.0561. The van der Waals surface area contributed by atoms with Crippen molar-refractivity contribution in [1.29, 1.82) is 0 Å². The lowest BCUT2D eigenvalue weighted by molar-refractivity contribution is 0.202. The molecule has 0 aromatic carbocycles. The van der Waals surface area contributed by atoms with E-state index in [2.05, 4.69) is 15.4 Å². The molecule has 0 saturated heterocycles. The van der Waals surface area contributed by atoms with Gasteiger partial charge in [-0.1, -0.05) is 6.92 Å². The van der Waals surface area contributed by atoms with Crippen molar-refractivity contribution in [1.82, 2.24) is 9.97 Å². The van der Waals surface area contributed by atoms with Crippen molar-refractivity contribution in [3.05, 3.63) is 11.9 Å². The van der Waals surface area contributed by atoms with Crippen molar-refractivity contribution in [2.24, 2.45) is 5.84 Å². The standard InChI is InChI=1S/C11H21N5O2/c1-3-9-13-10(15-12)8-11(14-9)16(4-6-17)5-7-18-2/h8,17H,3-7,12H2,1-2H3,(H,13,14,15). The Bertz CT molecular complexity index is 339. The maximum atomic E-state index is 9.08. The highest BCUT2D eigenvalue weighted by atomic mass is 16.5. The Balaban J connectivity index is 2.93. The number of hydrazine groups is 1. The average Bonchev–Trinajstić information content (AvgIpc) is 2.42. The Morgan fingerprint density at radius 2 is 2.22 bits per heavy atom. The van der Waals surface area contributed by atoms with Gasteiger partial charge in [0.1, 0.15) is 17.5 Å². The second kappa shape index (κ2) is 7.80. The minimum Gasteiger partial charge on any atom is -0.395 e. The predicted octanol–water partition coefficient (Wildman–Crippen LogP) is -0.230. The lowest BCUT2D eigenvalue weighted by Crippen LogP contribution is -2.31. The molecule has 0 atom stereocenters. The lowest BCUT2D eigenvalue weighted by Gasteiger charge is -2.23. The first-order chi connectivity index (χ1) is 8.74. The van der Waals surface area contributed by atoms with Crippen molar-refractivity contribution in [3.8, 4) is 0 Å². The molecular formula is C11H21N5O2. The van der Waals surface area contributed by atoms with Crippen LogP contribution in [-0.2, 0) is 11.2 Å². The highest BCUT2D eigenvalue weighted by Gasteiger charge is 2.10. The Labute approximate surface area is 107 Å². The SMILES string of the molecule is CCc1nc(NN)cc(N(CCO)CCOC)n1. The van der Waals surface area contributed by atoms with Gasteiger partial charge in [-0.15, -0.1) is 0 Å². The number of methoxy groups -OCH3 is 1. The van der Waals surface area contributed by atoms with E-state index in [0.717, 1.165) is 12.2 Å². The molecule has 0 amide bonds. The number of hydrogen-bond donors (Lipinski definition) is 3. The number of rotatable bonds is 8. The predicted molar refractivity (Wildman–Crippen MR) is 70.4 cm³/mol. The summed E-state index contributed by atoms with van der Waals surface area (Å²) in [6, 6.07) is 1.75. The molecule has 0 aliphatic heterocycles. The smallest absolute Gasteiger partial charge is 0.145 e. The summed E-state index contributed by atoms with van der Waals surface area (Å²) in [6.45, 7) is 3.75. The van der Waals surface area contributed by atoms with Gasteiger partial charge in [-0.3, -0.25) is 0 Å². The molecule has 102 valence electrons. The number of anilines is 2. The Kier molecular flexibility index (Phi) is 6.34. The topological polar surface area (TPSA) is 96.5 Å². The van der Waals surface area contributed by atoms with Crippen LogP contribution in [0, 0.1) is 0 Å². The molecule has 0 spiro atoms. The van der Waals surface area contributed by atoms with Gasteiger partial charge >= 0.3 is 0 Å². The van der Waals surface area contributed by atoms with Crippen molar-refractivity contribution in [2.45, 2.75) is 13.3 Å². The van der Waals surface area contributed by atoms with Crippen molar-refractivity contribution in [2.75, 3.05) is 43.7 Å². The second-order valence-corrected chi connectivity index (χ2v) is 3.73. The molecule has 1 aromatic heterocycles. The molecule has 0 aliphatic rings. The van der Waals surface area contributed by atoms with Gasteiger partial charge in [0, 0.05) is 32.7 Å². The lowest BCUT2D eigenvalue weighted by atomic mass is 10.4. The third kappa shape index (κ3) is 4.10. The van der Waals surface area contributed by atoms with Crippen LogP contribution in [0.15, 0.2) is 6.07 Å². The second-order valence-electron chi connectivity index (χ2n) is 3.73. The first-order valence-corrected chi connectivity index (χ1v) is 5.94. The van der Waals surface area contributed by atoms with E-state index >= 15 is 0 Å². The van der Waals surface area contributed by atoms with E-state index in [9.17, 15) is 0 Å². The summed E-state index contributed by atoms with van der Waals surface area (Å²) >= 11 is 0. The third-order valence-corrected chi connectivity index (χ3v) is 2.48. The van der Waals surface area contributed by atoms with Gasteiger partial charge in [-0.05, 0) is 0 Å². The quantitative estimate of drug-likeness (QED) is 0.436. The summed E-state index contributed by atoms with van der Waals surface area (Å²) in [5, 5.41) is 9.08. The van der Waals surface area contributed by atoms with E-state index < -0.39 is 0 Å². The summed E-state index contributed by atoms with van der Waals surface area (Å²) in [7, 11) is 1.64. The molecule has 7 nitrogen and oxygen atoms in total. The van der Waals surface area contributed by atoms with Gasteiger partial charge in [0.15, 0.2) is 0 Å². The molecule has 7 heteroatoms. The first-order valence-electron chi connectivity index (χ1n) is 5.94. The number of aliphatic hydroxyl groups is 1. The van der Waals surface area contributed by atoms with Crippen molar-refractivity contribution < 1.29 is 9.84 Å². The molecular weight excluding hydrogens is 234 g/mol. The average molecular weight is 255 g/mol. The fourth-order valence-corrected chi connectivity index (χ4v) is 1.54. The van der Waals surface area contributed by atoms with Crippen LogP contribution in [0.4, 0.5) is 11.6 Å². The van der Waals surface area contributed by atoms with Gasteiger partial charge in [0.2, 0.25) is 0 Å². The molecule has 1 heterocycles. The fourth-order valence-electron chi connectivity index (χ4n) is 1.54. The van der Waals surface area contributed by atoms with E-state index in [1.165, 1.54) is 0 Å². The maximum absolute atomic E-state index is 9.08. The van der Waals surface area contributed by atoms with Crippen LogP contribution >= 0.6 is 0 Å². The fraction of sp³-hybridized carbons (Fsp3) is 0.636. The number of hydrogen-bond acceptors (Lipinski definition) is 7. The number of aryl methyl sites for hydroxylation is 1. The Morgan fingerprint density at radius 3 is 2.78 bits per heavy atom. The molecule has 0 bridgehead atoms. The molecule has 1 aromatic rings. The van der Waals surface area contributed by atoms with Crippen LogP contribution in [-0.4, -0.2) is 48.5 Å². The van der Waals surface area contributed by atoms with E-state index in [4.69, 9.17) is 15.7 Å². The van der Waals surface area contributed by atoms with E-state index in [-0.39, 0.29) is 6.61 Å². The van der Waals surface area contributed by atoms with E-state index in [1.54, 1.807) is 13.2 Å². The highest BCUT2D eigenvalue weighted by Crippen LogP contribution is 2.15. The molecule has 0 fully saturated rings. The van der Waals surface area contributed by atoms with Crippen LogP contribution in [0.1, 0.15) is 12.7 Å². The molecule has 0 radical (unpaired) electrons. The van der Waals surface area contributed by atoms with Crippen LogP contribution in [0.3, 0.4) is 0 Å². The number of aliphatic hydroxyl groups excluding tert-OH is 1. The Morgan fingerprint density at radius 1 is 1.44 bits per heavy atom. The van der Waals surface area contributed by atoms with Crippen LogP contribution in [0.25, 0.3) is 0 Å². The third-order valence-electron chi connectivity index (χ3n) is 2.48. The number of nitrogens with two attached hydrogens (primary N) is 1. The number of aromatic nitrogens is 2. The number of nitrogens with zero attached hydrogens (tertiary/aromatic N) is 3. The first kappa shape index (κ1) is 14.6. The van der Waals surface area contributed by atoms with Gasteiger partial charge in [-0.25, -0.2) is 15.8 Å². The van der Waals surface area contributed by atoms with Gasteiger partial charge in [-0.2, -0.15) is 0 Å². The zero-order chi connectivity index (χ0) is 13.4. The normalized spacial score (nSPS) is 10.4. The van der Waals surface area contributed by atoms with E-state index in [1.807, 2.05) is 11.8 Å². The zero-order valence-electron chi connectivity index (χ0n) is 10.9. The number of ether oxygens (including phenoxy) is 1. The zero-order valence-corrected chi connectivity index (χ0v) is 10.9. The maximum Gasteiger partial charge on any atom is 0.145 e. The van der Waals surface area contributed by atoms with Crippen LogP contribution in [0.2, 0.25) is 0 Å². The highest BCUT2D eigenvalue weighted by molar-refractivity contribution is 5.48. The van der Waals surface area contributed by atoms with Crippen LogP contribution in [0.5, 0.6) is 0 Å². The summed E-state index contributed by atoms with van der Waals surface area (Å²) < 4.78 is 5.05. The van der Waals surface area contributed by atoms with Gasteiger partial charge in [0.05, 0.1) is 13.2 Å². The molecule has 18 heavy (non-hydrogen) atoms. The molecule has 0 aliphatic carbocycles. The van der Waals surface area contributed by atoms with Gasteiger partial charge < -0.3 is 20.2 Å². The van der Waals surface area contributed by atoms with Crippen molar-refractivity contribution >= 4 is 11.6 Å². The van der Waals surface area contributed by atoms with Crippen molar-refractivity contribution in [3.63, 3.8) is 0 Å². The monoisotopic (exact) mass is 255 g/mol. The number of nitrogen functional groups attached to an aromatic ring is 1. The molecule has 0 saturated carbocycles. The Hall–Kier alpha value is -1.44. The molecule has 4 N–H and O–H groups in total. The number of nitrogens with one attached hydrogen (secondary N) is 1. The largest absolute Gasteiger partial charge is 0.395 e. The summed E-state index contributed by atoms with van der Waals surface area (Å²) in [5.41, 5.74) is 2.52. The molecule has 0 unspecified atom stereocenters. The van der Waals surface area contributed by atoms with E-state index in [0.29, 0.717) is 31.3 Å². The van der Waals surface area contributed by atoms with Gasteiger partial charge in [0.25, 0.3) is 0 Å². The summed E-state index contributed by atoms with van der Waals surface area (Å²) in [6.07, 6.45) is 0.722.